The van der Waals surface area contributed by atoms with E-state index in [9.17, 15) is 19.7 Å². The van der Waals surface area contributed by atoms with Crippen LogP contribution in [0.2, 0.25) is 0 Å². The van der Waals surface area contributed by atoms with Crippen molar-refractivity contribution in [3.05, 3.63) is 112 Å². The molecule has 0 aliphatic carbocycles. The minimum atomic E-state index is -0.825. The molecule has 0 aliphatic heterocycles. The van der Waals surface area contributed by atoms with Gasteiger partial charge in [-0.3, -0.25) is 19.7 Å². The lowest BCUT2D eigenvalue weighted by Gasteiger charge is -2.23. The van der Waals surface area contributed by atoms with E-state index < -0.39 is 16.9 Å². The molecule has 7 heteroatoms. The van der Waals surface area contributed by atoms with E-state index in [1.807, 2.05) is 60.7 Å². The molecule has 0 aliphatic rings. The molecular weight excluding hydrogens is 394 g/mol. The van der Waals surface area contributed by atoms with Crippen LogP contribution in [-0.2, 0) is 16.0 Å². The van der Waals surface area contributed by atoms with E-state index in [1.165, 1.54) is 19.2 Å². The normalized spacial score (nSPS) is 11.5. The molecule has 0 spiro atoms. The Morgan fingerprint density at radius 2 is 1.35 bits per heavy atom. The standard InChI is InChI=1S/C24H23N3O4/c1-25-23(28)21(16-17-12-14-20(15-13-17)27(30)31)26-24(29)22(18-8-4-2-5-9-18)19-10-6-3-7-11-19/h2-15,21-22H,16H2,1H3,(H,25,28)(H,26,29)/t21-/m0/s1. The fourth-order valence-corrected chi connectivity index (χ4v) is 3.41. The number of hydrogen-bond donors (Lipinski definition) is 2. The summed E-state index contributed by atoms with van der Waals surface area (Å²) in [5.41, 5.74) is 2.31. The smallest absolute Gasteiger partial charge is 0.269 e. The van der Waals surface area contributed by atoms with Crippen LogP contribution < -0.4 is 10.6 Å². The third kappa shape index (κ3) is 5.54. The number of nitrogens with one attached hydrogen (secondary N) is 2. The fourth-order valence-electron chi connectivity index (χ4n) is 3.41. The van der Waals surface area contributed by atoms with Crippen molar-refractivity contribution in [1.29, 1.82) is 0 Å². The second-order valence-corrected chi connectivity index (χ2v) is 7.06. The summed E-state index contributed by atoms with van der Waals surface area (Å²) < 4.78 is 0. The minimum Gasteiger partial charge on any atom is -0.357 e. The quantitative estimate of drug-likeness (QED) is 0.434. The van der Waals surface area contributed by atoms with Crippen molar-refractivity contribution >= 4 is 17.5 Å². The van der Waals surface area contributed by atoms with Gasteiger partial charge < -0.3 is 10.6 Å². The van der Waals surface area contributed by atoms with Crippen LogP contribution in [0.3, 0.4) is 0 Å². The fraction of sp³-hybridized carbons (Fsp3) is 0.167. The molecule has 0 heterocycles. The highest BCUT2D eigenvalue weighted by Gasteiger charge is 2.27. The molecule has 2 amide bonds. The van der Waals surface area contributed by atoms with E-state index in [-0.39, 0.29) is 23.9 Å². The van der Waals surface area contributed by atoms with Gasteiger partial charge in [0.2, 0.25) is 11.8 Å². The first-order chi connectivity index (χ1) is 15.0. The molecule has 0 aromatic heterocycles. The molecular formula is C24H23N3O4. The van der Waals surface area contributed by atoms with Crippen LogP contribution in [0, 0.1) is 10.1 Å². The van der Waals surface area contributed by atoms with Crippen LogP contribution in [0.25, 0.3) is 0 Å². The van der Waals surface area contributed by atoms with Crippen LogP contribution >= 0.6 is 0 Å². The highest BCUT2D eigenvalue weighted by atomic mass is 16.6. The molecule has 158 valence electrons. The summed E-state index contributed by atoms with van der Waals surface area (Å²) in [6, 6.07) is 23.9. The number of nitro benzene ring substituents is 1. The lowest BCUT2D eigenvalue weighted by Crippen LogP contribution is -2.48. The number of carbonyl (C=O) groups excluding carboxylic acids is 2. The Labute approximate surface area is 180 Å². The maximum absolute atomic E-state index is 13.3. The number of nitrogens with zero attached hydrogens (tertiary/aromatic N) is 1. The van der Waals surface area contributed by atoms with Crippen molar-refractivity contribution in [1.82, 2.24) is 10.6 Å². The molecule has 0 bridgehead atoms. The van der Waals surface area contributed by atoms with Gasteiger partial charge in [-0.05, 0) is 16.7 Å². The first-order valence-electron chi connectivity index (χ1n) is 9.84. The Balaban J connectivity index is 1.85. The van der Waals surface area contributed by atoms with E-state index in [0.29, 0.717) is 5.56 Å². The van der Waals surface area contributed by atoms with Crippen LogP contribution in [-0.4, -0.2) is 29.8 Å². The number of hydrogen-bond acceptors (Lipinski definition) is 4. The maximum Gasteiger partial charge on any atom is 0.269 e. The molecule has 3 aromatic carbocycles. The maximum atomic E-state index is 13.3. The highest BCUT2D eigenvalue weighted by molar-refractivity contribution is 5.92. The second kappa shape index (κ2) is 10.2. The molecule has 7 nitrogen and oxygen atoms in total. The van der Waals surface area contributed by atoms with Crippen molar-refractivity contribution in [3.63, 3.8) is 0 Å². The Kier molecular flexibility index (Phi) is 7.11. The minimum absolute atomic E-state index is 0.0301. The SMILES string of the molecule is CNC(=O)[C@H](Cc1ccc([N+](=O)[O-])cc1)NC(=O)C(c1ccccc1)c1ccccc1. The lowest BCUT2D eigenvalue weighted by molar-refractivity contribution is -0.384. The number of likely N-dealkylation sites (N-methyl/N-ethyl adjacent to an activating group) is 1. The summed E-state index contributed by atoms with van der Waals surface area (Å²) in [6.45, 7) is 0. The third-order valence-electron chi connectivity index (χ3n) is 4.99. The van der Waals surface area contributed by atoms with Crippen molar-refractivity contribution in [2.45, 2.75) is 18.4 Å². The first-order valence-corrected chi connectivity index (χ1v) is 9.84. The number of nitro groups is 1. The van der Waals surface area contributed by atoms with Gasteiger partial charge in [0.05, 0.1) is 10.8 Å². The molecule has 0 saturated carbocycles. The highest BCUT2D eigenvalue weighted by Crippen LogP contribution is 2.25. The lowest BCUT2D eigenvalue weighted by atomic mass is 9.90. The molecule has 1 atom stereocenters. The van der Waals surface area contributed by atoms with E-state index in [2.05, 4.69) is 10.6 Å². The van der Waals surface area contributed by atoms with E-state index >= 15 is 0 Å². The molecule has 3 aromatic rings. The summed E-state index contributed by atoms with van der Waals surface area (Å²) in [4.78, 5) is 36.2. The van der Waals surface area contributed by atoms with Crippen LogP contribution in [0.1, 0.15) is 22.6 Å². The molecule has 0 saturated heterocycles. The second-order valence-electron chi connectivity index (χ2n) is 7.06. The van der Waals surface area contributed by atoms with Gasteiger partial charge in [0.1, 0.15) is 6.04 Å². The number of rotatable bonds is 8. The monoisotopic (exact) mass is 417 g/mol. The molecule has 3 rings (SSSR count). The number of non-ortho nitro benzene ring substituents is 1. The van der Waals surface area contributed by atoms with Crippen molar-refractivity contribution < 1.29 is 14.5 Å². The van der Waals surface area contributed by atoms with Crippen LogP contribution in [0.4, 0.5) is 5.69 Å². The van der Waals surface area contributed by atoms with Gasteiger partial charge >= 0.3 is 0 Å². The van der Waals surface area contributed by atoms with Gasteiger partial charge in [-0.25, -0.2) is 0 Å². The Morgan fingerprint density at radius 1 is 0.839 bits per heavy atom. The molecule has 0 fully saturated rings. The first kappa shape index (κ1) is 21.7. The zero-order valence-corrected chi connectivity index (χ0v) is 17.0. The Morgan fingerprint density at radius 3 is 1.81 bits per heavy atom. The average Bonchev–Trinajstić information content (AvgIpc) is 2.80. The van der Waals surface area contributed by atoms with Gasteiger partial charge in [0.25, 0.3) is 5.69 Å². The molecule has 2 N–H and O–H groups in total. The number of amides is 2. The predicted octanol–water partition coefficient (Wildman–Crippen LogP) is 3.20. The summed E-state index contributed by atoms with van der Waals surface area (Å²) in [6.07, 6.45) is 0.208. The average molecular weight is 417 g/mol. The van der Waals surface area contributed by atoms with E-state index in [0.717, 1.165) is 11.1 Å². The summed E-state index contributed by atoms with van der Waals surface area (Å²) in [7, 11) is 1.50. The molecule has 31 heavy (non-hydrogen) atoms. The van der Waals surface area contributed by atoms with Crippen LogP contribution in [0.5, 0.6) is 0 Å². The third-order valence-corrected chi connectivity index (χ3v) is 4.99. The Hall–Kier alpha value is -4.00. The van der Waals surface area contributed by atoms with Gasteiger partial charge in [-0.2, -0.15) is 0 Å². The largest absolute Gasteiger partial charge is 0.357 e. The Bertz CT molecular complexity index is 998. The van der Waals surface area contributed by atoms with Crippen molar-refractivity contribution in [3.8, 4) is 0 Å². The predicted molar refractivity (Wildman–Crippen MR) is 118 cm³/mol. The van der Waals surface area contributed by atoms with Crippen molar-refractivity contribution in [2.24, 2.45) is 0 Å². The van der Waals surface area contributed by atoms with Crippen molar-refractivity contribution in [2.75, 3.05) is 7.05 Å². The van der Waals surface area contributed by atoms with Gasteiger partial charge in [-0.15, -0.1) is 0 Å². The van der Waals surface area contributed by atoms with Gasteiger partial charge in [0, 0.05) is 25.6 Å². The van der Waals surface area contributed by atoms with Gasteiger partial charge in [-0.1, -0.05) is 72.8 Å². The molecule has 0 radical (unpaired) electrons. The molecule has 0 unspecified atom stereocenters. The topological polar surface area (TPSA) is 101 Å². The summed E-state index contributed by atoms with van der Waals surface area (Å²) in [5.74, 6) is -1.22. The zero-order chi connectivity index (χ0) is 22.2. The number of carbonyl (C=O) groups is 2. The van der Waals surface area contributed by atoms with Crippen LogP contribution in [0.15, 0.2) is 84.9 Å². The number of benzene rings is 3. The summed E-state index contributed by atoms with van der Waals surface area (Å²) in [5, 5.41) is 16.3. The van der Waals surface area contributed by atoms with E-state index in [4.69, 9.17) is 0 Å². The van der Waals surface area contributed by atoms with E-state index in [1.54, 1.807) is 12.1 Å². The summed E-state index contributed by atoms with van der Waals surface area (Å²) >= 11 is 0. The van der Waals surface area contributed by atoms with Gasteiger partial charge in [0.15, 0.2) is 0 Å². The zero-order valence-electron chi connectivity index (χ0n) is 17.0.